The molecule has 3 N–H and O–H groups in total. The van der Waals surface area contributed by atoms with Crippen LogP contribution in [-0.4, -0.2) is 35.2 Å². The fourth-order valence-corrected chi connectivity index (χ4v) is 3.66. The van der Waals surface area contributed by atoms with Crippen LogP contribution in [0.5, 0.6) is 0 Å². The molecule has 0 aliphatic carbocycles. The molecular weight excluding hydrogens is 340 g/mol. The van der Waals surface area contributed by atoms with Crippen molar-refractivity contribution in [3.8, 4) is 11.4 Å². The number of nitrogens with one attached hydrogen (secondary N) is 1. The van der Waals surface area contributed by atoms with E-state index in [2.05, 4.69) is 16.0 Å². The van der Waals surface area contributed by atoms with Crippen LogP contribution in [0.2, 0.25) is 0 Å². The van der Waals surface area contributed by atoms with Crippen LogP contribution in [0.25, 0.3) is 22.4 Å². The van der Waals surface area contributed by atoms with Crippen LogP contribution in [0, 0.1) is 5.41 Å². The van der Waals surface area contributed by atoms with E-state index in [0.717, 1.165) is 28.1 Å². The monoisotopic (exact) mass is 364 g/mol. The topological polar surface area (TPSA) is 82.2 Å². The van der Waals surface area contributed by atoms with Gasteiger partial charge in [0.15, 0.2) is 0 Å². The van der Waals surface area contributed by atoms with Gasteiger partial charge in [-0.25, -0.2) is 4.98 Å². The summed E-state index contributed by atoms with van der Waals surface area (Å²) in [4.78, 5) is 17.5. The Morgan fingerprint density at radius 3 is 2.56 bits per heavy atom. The van der Waals surface area contributed by atoms with E-state index in [9.17, 15) is 4.79 Å². The number of fused-ring (bicyclic) bond motifs is 1. The zero-order chi connectivity index (χ0) is 18.9. The third-order valence-corrected chi connectivity index (χ3v) is 5.51. The van der Waals surface area contributed by atoms with Gasteiger partial charge in [0.25, 0.3) is 0 Å². The molecular formula is C21H24N4O2. The highest BCUT2D eigenvalue weighted by Gasteiger charge is 2.38. The summed E-state index contributed by atoms with van der Waals surface area (Å²) in [6.45, 7) is 1.49. The van der Waals surface area contributed by atoms with E-state index in [1.807, 2.05) is 49.5 Å². The second-order valence-corrected chi connectivity index (χ2v) is 7.11. The Labute approximate surface area is 158 Å². The first kappa shape index (κ1) is 17.7. The third-order valence-electron chi connectivity index (χ3n) is 5.51. The van der Waals surface area contributed by atoms with Crippen LogP contribution in [0.4, 0.5) is 5.69 Å². The largest absolute Gasteiger partial charge is 0.381 e. The van der Waals surface area contributed by atoms with Crippen LogP contribution in [-0.2, 0) is 16.6 Å². The Bertz CT molecular complexity index is 956. The molecule has 1 fully saturated rings. The molecule has 2 aromatic carbocycles. The summed E-state index contributed by atoms with van der Waals surface area (Å²) in [6, 6.07) is 15.9. The fourth-order valence-electron chi connectivity index (χ4n) is 3.66. The SMILES string of the molecule is Cn1c(-c2ccc(NC(=O)C3(CN)CCOCC3)cc2)nc2ccccc21. The summed E-state index contributed by atoms with van der Waals surface area (Å²) >= 11 is 0. The van der Waals surface area contributed by atoms with Crippen LogP contribution < -0.4 is 11.1 Å². The van der Waals surface area contributed by atoms with Gasteiger partial charge in [0.1, 0.15) is 5.82 Å². The van der Waals surface area contributed by atoms with Crippen LogP contribution in [0.1, 0.15) is 12.8 Å². The number of anilines is 1. The second kappa shape index (κ2) is 7.13. The van der Waals surface area contributed by atoms with Gasteiger partial charge in [-0.15, -0.1) is 0 Å². The lowest BCUT2D eigenvalue weighted by Gasteiger charge is -2.34. The molecule has 6 nitrogen and oxygen atoms in total. The molecule has 4 rings (SSSR count). The molecule has 0 unspecified atom stereocenters. The lowest BCUT2D eigenvalue weighted by atomic mass is 9.79. The van der Waals surface area contributed by atoms with Crippen LogP contribution in [0.3, 0.4) is 0 Å². The number of aromatic nitrogens is 2. The minimum Gasteiger partial charge on any atom is -0.381 e. The first-order chi connectivity index (χ1) is 13.1. The second-order valence-electron chi connectivity index (χ2n) is 7.11. The molecule has 1 amide bonds. The summed E-state index contributed by atoms with van der Waals surface area (Å²) in [7, 11) is 2.01. The normalized spacial score (nSPS) is 16.4. The Hall–Kier alpha value is -2.70. The maximum absolute atomic E-state index is 12.8. The Balaban J connectivity index is 1.55. The molecule has 140 valence electrons. The number of amides is 1. The van der Waals surface area contributed by atoms with Gasteiger partial charge in [-0.3, -0.25) is 4.79 Å². The molecule has 1 aliphatic rings. The first-order valence-corrected chi connectivity index (χ1v) is 9.24. The molecule has 1 aromatic heterocycles. The van der Waals surface area contributed by atoms with Crippen molar-refractivity contribution >= 4 is 22.6 Å². The number of rotatable bonds is 4. The minimum atomic E-state index is -0.533. The number of nitrogens with zero attached hydrogens (tertiary/aromatic N) is 2. The highest BCUT2D eigenvalue weighted by atomic mass is 16.5. The van der Waals surface area contributed by atoms with Crippen molar-refractivity contribution in [1.82, 2.24) is 9.55 Å². The zero-order valence-electron chi connectivity index (χ0n) is 15.4. The molecule has 0 bridgehead atoms. The van der Waals surface area contributed by atoms with Gasteiger partial charge in [0.05, 0.1) is 16.4 Å². The predicted octanol–water partition coefficient (Wildman–Crippen LogP) is 2.93. The van der Waals surface area contributed by atoms with E-state index in [4.69, 9.17) is 15.5 Å². The van der Waals surface area contributed by atoms with Gasteiger partial charge in [0.2, 0.25) is 5.91 Å². The quantitative estimate of drug-likeness (QED) is 0.746. The van der Waals surface area contributed by atoms with E-state index in [1.54, 1.807) is 0 Å². The number of hydrogen-bond donors (Lipinski definition) is 2. The zero-order valence-corrected chi connectivity index (χ0v) is 15.4. The predicted molar refractivity (Wildman–Crippen MR) is 106 cm³/mol. The first-order valence-electron chi connectivity index (χ1n) is 9.24. The molecule has 0 atom stereocenters. The molecule has 0 spiro atoms. The van der Waals surface area contributed by atoms with Gasteiger partial charge >= 0.3 is 0 Å². The van der Waals surface area contributed by atoms with E-state index < -0.39 is 5.41 Å². The summed E-state index contributed by atoms with van der Waals surface area (Å²) < 4.78 is 7.46. The third kappa shape index (κ3) is 3.22. The Morgan fingerprint density at radius 1 is 1.19 bits per heavy atom. The number of imidazole rings is 1. The van der Waals surface area contributed by atoms with Crippen molar-refractivity contribution in [3.05, 3.63) is 48.5 Å². The molecule has 1 saturated heterocycles. The molecule has 6 heteroatoms. The van der Waals surface area contributed by atoms with Crippen molar-refractivity contribution < 1.29 is 9.53 Å². The number of carbonyl (C=O) groups excluding carboxylic acids is 1. The van der Waals surface area contributed by atoms with Gasteiger partial charge < -0.3 is 20.4 Å². The molecule has 1 aliphatic heterocycles. The average molecular weight is 364 g/mol. The summed E-state index contributed by atoms with van der Waals surface area (Å²) in [5.74, 6) is 0.876. The molecule has 2 heterocycles. The Kier molecular flexibility index (Phi) is 4.68. The fraction of sp³-hybridized carbons (Fsp3) is 0.333. The molecule has 0 saturated carbocycles. The standard InChI is InChI=1S/C21H24N4O2/c1-25-18-5-3-2-4-17(18)24-19(25)15-6-8-16(9-7-15)23-20(26)21(14-22)10-12-27-13-11-21/h2-9H,10-14,22H2,1H3,(H,23,26). The minimum absolute atomic E-state index is 0.0243. The summed E-state index contributed by atoms with van der Waals surface area (Å²) in [5.41, 5.74) is 9.22. The van der Waals surface area contributed by atoms with Crippen LogP contribution >= 0.6 is 0 Å². The number of ether oxygens (including phenoxy) is 1. The number of hydrogen-bond acceptors (Lipinski definition) is 4. The van der Waals surface area contributed by atoms with Gasteiger partial charge in [0, 0.05) is 38.1 Å². The van der Waals surface area contributed by atoms with E-state index in [0.29, 0.717) is 32.6 Å². The maximum atomic E-state index is 12.8. The smallest absolute Gasteiger partial charge is 0.232 e. The van der Waals surface area contributed by atoms with Gasteiger partial charge in [-0.1, -0.05) is 12.1 Å². The van der Waals surface area contributed by atoms with Crippen molar-refractivity contribution in [2.45, 2.75) is 12.8 Å². The molecule has 0 radical (unpaired) electrons. The lowest BCUT2D eigenvalue weighted by molar-refractivity contribution is -0.130. The van der Waals surface area contributed by atoms with E-state index >= 15 is 0 Å². The average Bonchev–Trinajstić information content (AvgIpc) is 3.06. The van der Waals surface area contributed by atoms with Gasteiger partial charge in [-0.2, -0.15) is 0 Å². The van der Waals surface area contributed by atoms with E-state index in [-0.39, 0.29) is 5.91 Å². The number of nitrogens with two attached hydrogens (primary N) is 1. The highest BCUT2D eigenvalue weighted by molar-refractivity contribution is 5.95. The number of carbonyl (C=O) groups is 1. The van der Waals surface area contributed by atoms with Crippen molar-refractivity contribution in [1.29, 1.82) is 0 Å². The van der Waals surface area contributed by atoms with Gasteiger partial charge in [-0.05, 0) is 49.2 Å². The molecule has 27 heavy (non-hydrogen) atoms. The number of benzene rings is 2. The Morgan fingerprint density at radius 2 is 1.89 bits per heavy atom. The van der Waals surface area contributed by atoms with Crippen molar-refractivity contribution in [3.63, 3.8) is 0 Å². The maximum Gasteiger partial charge on any atom is 0.232 e. The molecule has 3 aromatic rings. The summed E-state index contributed by atoms with van der Waals surface area (Å²) in [5, 5.41) is 3.02. The van der Waals surface area contributed by atoms with Crippen molar-refractivity contribution in [2.75, 3.05) is 25.1 Å². The number of para-hydroxylation sites is 2. The van der Waals surface area contributed by atoms with Crippen LogP contribution in [0.15, 0.2) is 48.5 Å². The number of aryl methyl sites for hydroxylation is 1. The lowest BCUT2D eigenvalue weighted by Crippen LogP contribution is -2.46. The summed E-state index contributed by atoms with van der Waals surface area (Å²) in [6.07, 6.45) is 1.32. The highest BCUT2D eigenvalue weighted by Crippen LogP contribution is 2.31. The van der Waals surface area contributed by atoms with Crippen molar-refractivity contribution in [2.24, 2.45) is 18.2 Å². The van der Waals surface area contributed by atoms with E-state index in [1.165, 1.54) is 0 Å².